The zero-order valence-corrected chi connectivity index (χ0v) is 9.19. The first-order chi connectivity index (χ1) is 6.20. The third kappa shape index (κ3) is 3.70. The van der Waals surface area contributed by atoms with E-state index >= 15 is 0 Å². The molecule has 3 heteroatoms. The zero-order valence-electron chi connectivity index (χ0n) is 8.37. The van der Waals surface area contributed by atoms with Gasteiger partial charge in [-0.2, -0.15) is 0 Å². The number of nitrogens with zero attached hydrogens (tertiary/aromatic N) is 1. The lowest BCUT2D eigenvalue weighted by atomic mass is 10.3. The SMILES string of the molecule is Cc1ncsc1C=CCNC(C)C. The molecule has 13 heavy (non-hydrogen) atoms. The Morgan fingerprint density at radius 1 is 1.62 bits per heavy atom. The van der Waals surface area contributed by atoms with Gasteiger partial charge in [-0.1, -0.05) is 19.9 Å². The zero-order chi connectivity index (χ0) is 9.68. The number of aryl methyl sites for hydroxylation is 1. The van der Waals surface area contributed by atoms with Crippen LogP contribution in [0.1, 0.15) is 24.4 Å². The van der Waals surface area contributed by atoms with Crippen LogP contribution < -0.4 is 5.32 Å². The molecular formula is C10H16N2S. The molecule has 0 aliphatic rings. The van der Waals surface area contributed by atoms with Gasteiger partial charge in [-0.3, -0.25) is 0 Å². The maximum atomic E-state index is 4.18. The summed E-state index contributed by atoms with van der Waals surface area (Å²) in [6.45, 7) is 7.25. The van der Waals surface area contributed by atoms with Crippen molar-refractivity contribution < 1.29 is 0 Å². The van der Waals surface area contributed by atoms with Crippen molar-refractivity contribution >= 4 is 17.4 Å². The van der Waals surface area contributed by atoms with Crippen LogP contribution in [0.4, 0.5) is 0 Å². The molecule has 0 bridgehead atoms. The molecule has 72 valence electrons. The van der Waals surface area contributed by atoms with E-state index in [9.17, 15) is 0 Å². The second-order valence-electron chi connectivity index (χ2n) is 3.27. The van der Waals surface area contributed by atoms with Crippen LogP contribution >= 0.6 is 11.3 Å². The molecule has 1 rings (SSSR count). The molecular weight excluding hydrogens is 180 g/mol. The number of nitrogens with one attached hydrogen (secondary N) is 1. The van der Waals surface area contributed by atoms with Gasteiger partial charge in [0.05, 0.1) is 11.2 Å². The van der Waals surface area contributed by atoms with Crippen LogP contribution in [-0.4, -0.2) is 17.6 Å². The maximum Gasteiger partial charge on any atom is 0.0801 e. The Kier molecular flexibility index (Phi) is 4.12. The standard InChI is InChI=1S/C10H16N2S/c1-8(2)11-6-4-5-10-9(3)12-7-13-10/h4-5,7-8,11H,6H2,1-3H3. The number of hydrogen-bond acceptors (Lipinski definition) is 3. The molecule has 1 aromatic rings. The van der Waals surface area contributed by atoms with Crippen molar-refractivity contribution in [3.8, 4) is 0 Å². The molecule has 0 radical (unpaired) electrons. The summed E-state index contributed by atoms with van der Waals surface area (Å²) in [6, 6.07) is 0.548. The van der Waals surface area contributed by atoms with Gasteiger partial charge in [0, 0.05) is 17.5 Å². The lowest BCUT2D eigenvalue weighted by Crippen LogP contribution is -2.22. The summed E-state index contributed by atoms with van der Waals surface area (Å²) in [5, 5.41) is 3.32. The van der Waals surface area contributed by atoms with Crippen molar-refractivity contribution in [3.05, 3.63) is 22.2 Å². The van der Waals surface area contributed by atoms with Gasteiger partial charge < -0.3 is 5.32 Å². The van der Waals surface area contributed by atoms with E-state index in [1.54, 1.807) is 11.3 Å². The van der Waals surface area contributed by atoms with Crippen molar-refractivity contribution in [2.45, 2.75) is 26.8 Å². The Hall–Kier alpha value is -0.670. The maximum absolute atomic E-state index is 4.18. The average molecular weight is 196 g/mol. The van der Waals surface area contributed by atoms with Crippen LogP contribution in [0.25, 0.3) is 6.08 Å². The van der Waals surface area contributed by atoms with Gasteiger partial charge in [0.2, 0.25) is 0 Å². The van der Waals surface area contributed by atoms with Gasteiger partial charge in [0.25, 0.3) is 0 Å². The van der Waals surface area contributed by atoms with Crippen molar-refractivity contribution in [3.63, 3.8) is 0 Å². The first-order valence-corrected chi connectivity index (χ1v) is 5.38. The minimum Gasteiger partial charge on any atom is -0.311 e. The molecule has 0 saturated carbocycles. The highest BCUT2D eigenvalue weighted by Gasteiger charge is 1.94. The molecule has 0 aromatic carbocycles. The number of aromatic nitrogens is 1. The predicted molar refractivity (Wildman–Crippen MR) is 59.0 cm³/mol. The molecule has 0 spiro atoms. The van der Waals surface area contributed by atoms with Gasteiger partial charge in [-0.05, 0) is 13.0 Å². The number of rotatable bonds is 4. The molecule has 2 nitrogen and oxygen atoms in total. The van der Waals surface area contributed by atoms with Crippen LogP contribution in [0.2, 0.25) is 0 Å². The fraction of sp³-hybridized carbons (Fsp3) is 0.500. The molecule has 1 N–H and O–H groups in total. The van der Waals surface area contributed by atoms with E-state index in [1.807, 2.05) is 12.4 Å². The quantitative estimate of drug-likeness (QED) is 0.800. The summed E-state index contributed by atoms with van der Waals surface area (Å²) < 4.78 is 0. The normalized spacial score (nSPS) is 11.7. The van der Waals surface area contributed by atoms with E-state index in [-0.39, 0.29) is 0 Å². The summed E-state index contributed by atoms with van der Waals surface area (Å²) >= 11 is 1.68. The molecule has 0 amide bonds. The Morgan fingerprint density at radius 2 is 2.38 bits per heavy atom. The van der Waals surface area contributed by atoms with E-state index in [4.69, 9.17) is 0 Å². The lowest BCUT2D eigenvalue weighted by Gasteiger charge is -2.02. The van der Waals surface area contributed by atoms with Crippen molar-refractivity contribution in [1.82, 2.24) is 10.3 Å². The lowest BCUT2D eigenvalue weighted by molar-refractivity contribution is 0.633. The summed E-state index contributed by atoms with van der Waals surface area (Å²) in [6.07, 6.45) is 4.27. The highest BCUT2D eigenvalue weighted by molar-refractivity contribution is 7.10. The van der Waals surface area contributed by atoms with Crippen molar-refractivity contribution in [2.75, 3.05) is 6.54 Å². The molecule has 0 saturated heterocycles. The monoisotopic (exact) mass is 196 g/mol. The average Bonchev–Trinajstić information content (AvgIpc) is 2.45. The summed E-state index contributed by atoms with van der Waals surface area (Å²) in [5.74, 6) is 0. The van der Waals surface area contributed by atoms with Crippen LogP contribution in [0.15, 0.2) is 11.6 Å². The third-order valence-electron chi connectivity index (χ3n) is 1.70. The Bertz CT molecular complexity index is 276. The van der Waals surface area contributed by atoms with E-state index in [0.29, 0.717) is 6.04 Å². The molecule has 1 aromatic heterocycles. The topological polar surface area (TPSA) is 24.9 Å². The summed E-state index contributed by atoms with van der Waals surface area (Å²) in [7, 11) is 0. The number of thiazole rings is 1. The molecule has 0 fully saturated rings. The molecule has 0 atom stereocenters. The fourth-order valence-electron chi connectivity index (χ4n) is 0.941. The van der Waals surface area contributed by atoms with Crippen LogP contribution in [0.5, 0.6) is 0 Å². The first-order valence-electron chi connectivity index (χ1n) is 4.50. The van der Waals surface area contributed by atoms with Gasteiger partial charge in [-0.25, -0.2) is 4.98 Å². The highest BCUT2D eigenvalue weighted by Crippen LogP contribution is 2.13. The highest BCUT2D eigenvalue weighted by atomic mass is 32.1. The van der Waals surface area contributed by atoms with Gasteiger partial charge >= 0.3 is 0 Å². The van der Waals surface area contributed by atoms with E-state index in [1.165, 1.54) is 4.88 Å². The largest absolute Gasteiger partial charge is 0.311 e. The third-order valence-corrected chi connectivity index (χ3v) is 2.59. The van der Waals surface area contributed by atoms with Crippen LogP contribution in [-0.2, 0) is 0 Å². The Balaban J connectivity index is 2.37. The van der Waals surface area contributed by atoms with E-state index < -0.39 is 0 Å². The molecule has 1 heterocycles. The molecule has 0 unspecified atom stereocenters. The predicted octanol–water partition coefficient (Wildman–Crippen LogP) is 2.46. The van der Waals surface area contributed by atoms with Gasteiger partial charge in [-0.15, -0.1) is 11.3 Å². The minimum atomic E-state index is 0.548. The van der Waals surface area contributed by atoms with Crippen LogP contribution in [0.3, 0.4) is 0 Å². The number of hydrogen-bond donors (Lipinski definition) is 1. The fourth-order valence-corrected chi connectivity index (χ4v) is 1.66. The van der Waals surface area contributed by atoms with E-state index in [0.717, 1.165) is 12.2 Å². The van der Waals surface area contributed by atoms with Crippen LogP contribution in [0, 0.1) is 6.92 Å². The Labute approximate surface area is 83.7 Å². The second kappa shape index (κ2) is 5.14. The van der Waals surface area contributed by atoms with Crippen molar-refractivity contribution in [1.29, 1.82) is 0 Å². The summed E-state index contributed by atoms with van der Waals surface area (Å²) in [5.41, 5.74) is 3.00. The van der Waals surface area contributed by atoms with Gasteiger partial charge in [0.1, 0.15) is 0 Å². The Morgan fingerprint density at radius 3 is 2.92 bits per heavy atom. The second-order valence-corrected chi connectivity index (χ2v) is 4.15. The van der Waals surface area contributed by atoms with Crippen molar-refractivity contribution in [2.24, 2.45) is 0 Å². The van der Waals surface area contributed by atoms with Gasteiger partial charge in [0.15, 0.2) is 0 Å². The molecule has 0 aliphatic heterocycles. The smallest absolute Gasteiger partial charge is 0.0801 e. The summed E-state index contributed by atoms with van der Waals surface area (Å²) in [4.78, 5) is 5.43. The van der Waals surface area contributed by atoms with E-state index in [2.05, 4.69) is 36.3 Å². The first kappa shape index (κ1) is 10.4. The minimum absolute atomic E-state index is 0.548. The molecule has 0 aliphatic carbocycles.